The number of nitrogens with one attached hydrogen (secondary N) is 1. The number of anilines is 1. The third-order valence-corrected chi connectivity index (χ3v) is 4.38. The molecule has 0 aliphatic carbocycles. The number of aromatic nitrogens is 2. The molecule has 0 unspecified atom stereocenters. The second-order valence-corrected chi connectivity index (χ2v) is 6.26. The first-order chi connectivity index (χ1) is 11.7. The number of para-hydroxylation sites is 1. The molecule has 0 fully saturated rings. The Kier molecular flexibility index (Phi) is 5.12. The zero-order valence-electron chi connectivity index (χ0n) is 12.8. The molecule has 0 aliphatic rings. The Balaban J connectivity index is 1.60. The molecule has 0 spiro atoms. The van der Waals surface area contributed by atoms with E-state index < -0.39 is 0 Å². The quantitative estimate of drug-likeness (QED) is 0.710. The Hall–Kier alpha value is -2.38. The van der Waals surface area contributed by atoms with Crippen LogP contribution in [0.5, 0.6) is 5.75 Å². The molecule has 124 valence electrons. The second-order valence-electron chi connectivity index (χ2n) is 4.79. The molecule has 0 saturated carbocycles. The summed E-state index contributed by atoms with van der Waals surface area (Å²) in [5.74, 6) is 0.882. The first kappa shape index (κ1) is 16.5. The van der Waals surface area contributed by atoms with Crippen LogP contribution in [0.4, 0.5) is 5.13 Å². The SMILES string of the molecule is CCc1nnc(NC(=O)c2ccc(COc3ccccc3Cl)o2)s1. The first-order valence-electron chi connectivity index (χ1n) is 7.25. The van der Waals surface area contributed by atoms with Crippen molar-refractivity contribution in [2.24, 2.45) is 0 Å². The molecule has 8 heteroatoms. The van der Waals surface area contributed by atoms with Crippen LogP contribution in [0.3, 0.4) is 0 Å². The maximum Gasteiger partial charge on any atom is 0.293 e. The van der Waals surface area contributed by atoms with Gasteiger partial charge in [-0.1, -0.05) is 42.0 Å². The van der Waals surface area contributed by atoms with Crippen molar-refractivity contribution in [1.29, 1.82) is 0 Å². The van der Waals surface area contributed by atoms with E-state index in [0.29, 0.717) is 21.7 Å². The summed E-state index contributed by atoms with van der Waals surface area (Å²) in [5, 5.41) is 12.3. The number of nitrogens with zero attached hydrogens (tertiary/aromatic N) is 2. The minimum atomic E-state index is -0.377. The summed E-state index contributed by atoms with van der Waals surface area (Å²) in [7, 11) is 0. The lowest BCUT2D eigenvalue weighted by atomic mass is 10.3. The molecule has 0 atom stereocenters. The van der Waals surface area contributed by atoms with Gasteiger partial charge in [0.1, 0.15) is 23.1 Å². The lowest BCUT2D eigenvalue weighted by Crippen LogP contribution is -2.10. The number of amides is 1. The number of furan rings is 1. The standard InChI is InChI=1S/C16H14ClN3O3S/c1-2-14-19-20-16(24-14)18-15(21)13-8-7-10(23-13)9-22-12-6-4-3-5-11(12)17/h3-8H,2,9H2,1H3,(H,18,20,21). The van der Waals surface area contributed by atoms with Crippen LogP contribution >= 0.6 is 22.9 Å². The normalized spacial score (nSPS) is 10.6. The molecule has 3 aromatic rings. The van der Waals surface area contributed by atoms with Crippen molar-refractivity contribution in [1.82, 2.24) is 10.2 Å². The van der Waals surface area contributed by atoms with Gasteiger partial charge in [0.25, 0.3) is 5.91 Å². The van der Waals surface area contributed by atoms with Crippen molar-refractivity contribution >= 4 is 34.0 Å². The van der Waals surface area contributed by atoms with Gasteiger partial charge in [0.05, 0.1) is 5.02 Å². The second kappa shape index (κ2) is 7.46. The molecule has 0 saturated heterocycles. The van der Waals surface area contributed by atoms with Crippen molar-refractivity contribution in [3.05, 3.63) is 57.9 Å². The summed E-state index contributed by atoms with van der Waals surface area (Å²) in [4.78, 5) is 12.1. The minimum absolute atomic E-state index is 0.176. The molecule has 1 N–H and O–H groups in total. The Morgan fingerprint density at radius 1 is 1.29 bits per heavy atom. The highest BCUT2D eigenvalue weighted by Gasteiger charge is 2.14. The van der Waals surface area contributed by atoms with E-state index in [1.807, 2.05) is 19.1 Å². The highest BCUT2D eigenvalue weighted by atomic mass is 35.5. The molecule has 6 nitrogen and oxygen atoms in total. The maximum atomic E-state index is 12.1. The minimum Gasteiger partial charge on any atom is -0.484 e. The van der Waals surface area contributed by atoms with Gasteiger partial charge in [-0.3, -0.25) is 10.1 Å². The van der Waals surface area contributed by atoms with Crippen molar-refractivity contribution in [3.63, 3.8) is 0 Å². The van der Waals surface area contributed by atoms with Crippen LogP contribution < -0.4 is 10.1 Å². The third kappa shape index (κ3) is 3.93. The van der Waals surface area contributed by atoms with Crippen molar-refractivity contribution in [3.8, 4) is 5.75 Å². The highest BCUT2D eigenvalue weighted by molar-refractivity contribution is 7.15. The number of halogens is 1. The van der Waals surface area contributed by atoms with E-state index in [1.165, 1.54) is 11.3 Å². The number of benzene rings is 1. The van der Waals surface area contributed by atoms with Gasteiger partial charge < -0.3 is 9.15 Å². The number of carbonyl (C=O) groups excluding carboxylic acids is 1. The number of carbonyl (C=O) groups is 1. The maximum absolute atomic E-state index is 12.1. The predicted octanol–water partition coefficient (Wildman–Crippen LogP) is 4.18. The molecule has 0 radical (unpaired) electrons. The number of aryl methyl sites for hydroxylation is 1. The number of rotatable bonds is 6. The van der Waals surface area contributed by atoms with Crippen LogP contribution in [0.15, 0.2) is 40.8 Å². The van der Waals surface area contributed by atoms with E-state index in [9.17, 15) is 4.79 Å². The molecule has 0 bridgehead atoms. The van der Waals surface area contributed by atoms with Gasteiger partial charge in [-0.15, -0.1) is 10.2 Å². The average molecular weight is 364 g/mol. The fraction of sp³-hybridized carbons (Fsp3) is 0.188. The van der Waals surface area contributed by atoms with Crippen LogP contribution in [0.25, 0.3) is 0 Å². The van der Waals surface area contributed by atoms with Gasteiger partial charge in [-0.2, -0.15) is 0 Å². The van der Waals surface area contributed by atoms with Crippen LogP contribution in [-0.2, 0) is 13.0 Å². The average Bonchev–Trinajstić information content (AvgIpc) is 3.23. The first-order valence-corrected chi connectivity index (χ1v) is 8.45. The highest BCUT2D eigenvalue weighted by Crippen LogP contribution is 2.24. The summed E-state index contributed by atoms with van der Waals surface area (Å²) < 4.78 is 11.1. The number of ether oxygens (including phenoxy) is 1. The molecule has 1 amide bonds. The largest absolute Gasteiger partial charge is 0.484 e. The molecule has 2 aromatic heterocycles. The van der Waals surface area contributed by atoms with Gasteiger partial charge >= 0.3 is 0 Å². The number of hydrogen-bond acceptors (Lipinski definition) is 6. The van der Waals surface area contributed by atoms with E-state index in [4.69, 9.17) is 20.8 Å². The zero-order valence-corrected chi connectivity index (χ0v) is 14.4. The Morgan fingerprint density at radius 2 is 2.12 bits per heavy atom. The van der Waals surface area contributed by atoms with Gasteiger partial charge in [0.2, 0.25) is 5.13 Å². The van der Waals surface area contributed by atoms with Gasteiger partial charge in [-0.25, -0.2) is 0 Å². The summed E-state index contributed by atoms with van der Waals surface area (Å²) in [5.41, 5.74) is 0. The van der Waals surface area contributed by atoms with Crippen LogP contribution in [0.1, 0.15) is 28.2 Å². The molecule has 3 rings (SSSR count). The molecular formula is C16H14ClN3O3S. The molecule has 0 aliphatic heterocycles. The van der Waals surface area contributed by atoms with Crippen molar-refractivity contribution in [2.45, 2.75) is 20.0 Å². The topological polar surface area (TPSA) is 77.2 Å². The molecule has 1 aromatic carbocycles. The van der Waals surface area contributed by atoms with Crippen LogP contribution in [0.2, 0.25) is 5.02 Å². The smallest absolute Gasteiger partial charge is 0.293 e. The lowest BCUT2D eigenvalue weighted by molar-refractivity contribution is 0.0992. The van der Waals surface area contributed by atoms with Crippen LogP contribution in [-0.4, -0.2) is 16.1 Å². The van der Waals surface area contributed by atoms with Gasteiger partial charge in [-0.05, 0) is 30.7 Å². The van der Waals surface area contributed by atoms with Crippen molar-refractivity contribution in [2.75, 3.05) is 5.32 Å². The molecule has 2 heterocycles. The van der Waals surface area contributed by atoms with E-state index in [2.05, 4.69) is 15.5 Å². The Morgan fingerprint density at radius 3 is 2.88 bits per heavy atom. The molecular weight excluding hydrogens is 350 g/mol. The summed E-state index contributed by atoms with van der Waals surface area (Å²) in [6.45, 7) is 2.15. The molecule has 24 heavy (non-hydrogen) atoms. The van der Waals surface area contributed by atoms with Crippen LogP contribution in [0, 0.1) is 0 Å². The van der Waals surface area contributed by atoms with E-state index in [0.717, 1.165) is 11.4 Å². The predicted molar refractivity (Wildman–Crippen MR) is 91.7 cm³/mol. The monoisotopic (exact) mass is 363 g/mol. The fourth-order valence-electron chi connectivity index (χ4n) is 1.89. The third-order valence-electron chi connectivity index (χ3n) is 3.08. The lowest BCUT2D eigenvalue weighted by Gasteiger charge is -2.05. The van der Waals surface area contributed by atoms with E-state index >= 15 is 0 Å². The Labute approximate surface area is 147 Å². The number of hydrogen-bond donors (Lipinski definition) is 1. The van der Waals surface area contributed by atoms with E-state index in [-0.39, 0.29) is 18.3 Å². The van der Waals surface area contributed by atoms with Crippen molar-refractivity contribution < 1.29 is 13.9 Å². The van der Waals surface area contributed by atoms with Gasteiger partial charge in [0, 0.05) is 0 Å². The summed E-state index contributed by atoms with van der Waals surface area (Å²) in [6.07, 6.45) is 0.776. The zero-order chi connectivity index (χ0) is 16.9. The summed E-state index contributed by atoms with van der Waals surface area (Å²) >= 11 is 7.36. The summed E-state index contributed by atoms with van der Waals surface area (Å²) in [6, 6.07) is 10.4. The van der Waals surface area contributed by atoms with Gasteiger partial charge in [0.15, 0.2) is 5.76 Å². The Bertz CT molecular complexity index is 846. The van der Waals surface area contributed by atoms with E-state index in [1.54, 1.807) is 24.3 Å². The fourth-order valence-corrected chi connectivity index (χ4v) is 2.76.